The molecule has 2 amide bonds. The number of hydrogen-bond acceptors (Lipinski definition) is 5. The average molecular weight is 344 g/mol. The van der Waals surface area contributed by atoms with Gasteiger partial charge < -0.3 is 15.4 Å². The SMILES string of the molecule is COCCNC(=O)c1cccc(NC(=O)c2ccc(=O)n(C)n2)c1C. The normalized spacial score (nSPS) is 10.4. The van der Waals surface area contributed by atoms with E-state index in [-0.39, 0.29) is 17.2 Å². The predicted octanol–water partition coefficient (Wildman–Crippen LogP) is 0.717. The monoisotopic (exact) mass is 344 g/mol. The zero-order valence-electron chi connectivity index (χ0n) is 14.3. The van der Waals surface area contributed by atoms with E-state index in [4.69, 9.17) is 4.74 Å². The first-order chi connectivity index (χ1) is 11.9. The van der Waals surface area contributed by atoms with Gasteiger partial charge in [-0.25, -0.2) is 4.68 Å². The van der Waals surface area contributed by atoms with Crippen molar-refractivity contribution in [1.29, 1.82) is 0 Å². The van der Waals surface area contributed by atoms with Crippen molar-refractivity contribution in [3.05, 3.63) is 57.5 Å². The van der Waals surface area contributed by atoms with E-state index < -0.39 is 5.91 Å². The van der Waals surface area contributed by atoms with Gasteiger partial charge in [0.25, 0.3) is 17.4 Å². The van der Waals surface area contributed by atoms with Gasteiger partial charge in [-0.05, 0) is 30.7 Å². The van der Waals surface area contributed by atoms with Crippen LogP contribution < -0.4 is 16.2 Å². The number of ether oxygens (including phenoxy) is 1. The first-order valence-corrected chi connectivity index (χ1v) is 7.66. The van der Waals surface area contributed by atoms with Gasteiger partial charge in [0.1, 0.15) is 5.69 Å². The van der Waals surface area contributed by atoms with Gasteiger partial charge in [0.05, 0.1) is 6.61 Å². The number of nitrogens with one attached hydrogen (secondary N) is 2. The zero-order valence-corrected chi connectivity index (χ0v) is 14.3. The quantitative estimate of drug-likeness (QED) is 0.752. The Morgan fingerprint density at radius 3 is 2.64 bits per heavy atom. The topological polar surface area (TPSA) is 102 Å². The minimum absolute atomic E-state index is 0.108. The fourth-order valence-corrected chi connectivity index (χ4v) is 2.19. The van der Waals surface area contributed by atoms with E-state index in [0.29, 0.717) is 30.0 Å². The van der Waals surface area contributed by atoms with E-state index in [2.05, 4.69) is 15.7 Å². The van der Waals surface area contributed by atoms with Gasteiger partial charge in [0, 0.05) is 38.0 Å². The van der Waals surface area contributed by atoms with Crippen LogP contribution in [-0.2, 0) is 11.8 Å². The minimum atomic E-state index is -0.462. The number of aromatic nitrogens is 2. The molecule has 132 valence electrons. The molecule has 0 radical (unpaired) electrons. The molecule has 0 unspecified atom stereocenters. The second-order valence-electron chi connectivity index (χ2n) is 5.36. The molecule has 0 aliphatic rings. The molecular formula is C17H20N4O4. The number of carbonyl (C=O) groups is 2. The summed E-state index contributed by atoms with van der Waals surface area (Å²) in [6, 6.07) is 7.68. The van der Waals surface area contributed by atoms with Crippen LogP contribution in [0.15, 0.2) is 35.1 Å². The van der Waals surface area contributed by atoms with Crippen LogP contribution in [0.25, 0.3) is 0 Å². The van der Waals surface area contributed by atoms with Crippen LogP contribution in [0, 0.1) is 6.92 Å². The summed E-state index contributed by atoms with van der Waals surface area (Å²) in [4.78, 5) is 35.9. The molecule has 1 aromatic carbocycles. The van der Waals surface area contributed by atoms with Crippen LogP contribution in [-0.4, -0.2) is 41.9 Å². The van der Waals surface area contributed by atoms with Crippen molar-refractivity contribution in [2.75, 3.05) is 25.6 Å². The molecule has 0 fully saturated rings. The molecule has 2 aromatic rings. The van der Waals surface area contributed by atoms with Crippen LogP contribution >= 0.6 is 0 Å². The van der Waals surface area contributed by atoms with Crippen molar-refractivity contribution in [2.24, 2.45) is 7.05 Å². The van der Waals surface area contributed by atoms with Gasteiger partial charge in [-0.2, -0.15) is 5.10 Å². The molecule has 0 bridgehead atoms. The Bertz CT molecular complexity index is 845. The number of amides is 2. The molecule has 2 rings (SSSR count). The summed E-state index contributed by atoms with van der Waals surface area (Å²) < 4.78 is 5.98. The Morgan fingerprint density at radius 2 is 1.96 bits per heavy atom. The largest absolute Gasteiger partial charge is 0.383 e. The highest BCUT2D eigenvalue weighted by molar-refractivity contribution is 6.04. The van der Waals surface area contributed by atoms with E-state index >= 15 is 0 Å². The summed E-state index contributed by atoms with van der Waals surface area (Å²) >= 11 is 0. The highest BCUT2D eigenvalue weighted by Gasteiger charge is 2.14. The van der Waals surface area contributed by atoms with Crippen molar-refractivity contribution in [3.63, 3.8) is 0 Å². The molecule has 0 aliphatic heterocycles. The van der Waals surface area contributed by atoms with E-state index in [9.17, 15) is 14.4 Å². The minimum Gasteiger partial charge on any atom is -0.383 e. The fraction of sp³-hybridized carbons (Fsp3) is 0.294. The van der Waals surface area contributed by atoms with E-state index in [1.54, 1.807) is 32.2 Å². The zero-order chi connectivity index (χ0) is 18.4. The molecule has 1 aromatic heterocycles. The Morgan fingerprint density at radius 1 is 1.20 bits per heavy atom. The van der Waals surface area contributed by atoms with Gasteiger partial charge in [-0.1, -0.05) is 6.07 Å². The summed E-state index contributed by atoms with van der Waals surface area (Å²) in [5.74, 6) is -0.707. The lowest BCUT2D eigenvalue weighted by molar-refractivity contribution is 0.0935. The Kier molecular flexibility index (Phi) is 6.02. The molecule has 0 aliphatic carbocycles. The molecule has 8 nitrogen and oxygen atoms in total. The molecule has 25 heavy (non-hydrogen) atoms. The van der Waals surface area contributed by atoms with Crippen molar-refractivity contribution < 1.29 is 14.3 Å². The molecule has 0 saturated carbocycles. The first-order valence-electron chi connectivity index (χ1n) is 7.66. The summed E-state index contributed by atoms with van der Waals surface area (Å²) in [5, 5.41) is 9.36. The maximum absolute atomic E-state index is 12.3. The van der Waals surface area contributed by atoms with Crippen LogP contribution in [0.2, 0.25) is 0 Å². The van der Waals surface area contributed by atoms with Crippen LogP contribution in [0.4, 0.5) is 5.69 Å². The summed E-state index contributed by atoms with van der Waals surface area (Å²) in [5.41, 5.74) is 1.40. The Balaban J connectivity index is 2.18. The third kappa shape index (κ3) is 4.51. The molecule has 1 heterocycles. The molecule has 2 N–H and O–H groups in total. The number of aryl methyl sites for hydroxylation is 1. The van der Waals surface area contributed by atoms with E-state index in [1.165, 1.54) is 19.2 Å². The number of benzene rings is 1. The summed E-state index contributed by atoms with van der Waals surface area (Å²) in [7, 11) is 3.02. The number of hydrogen-bond donors (Lipinski definition) is 2. The van der Waals surface area contributed by atoms with Gasteiger partial charge >= 0.3 is 0 Å². The number of methoxy groups -OCH3 is 1. The molecular weight excluding hydrogens is 324 g/mol. The van der Waals surface area contributed by atoms with E-state index in [1.807, 2.05) is 0 Å². The van der Waals surface area contributed by atoms with Gasteiger partial charge in [-0.15, -0.1) is 0 Å². The number of anilines is 1. The lowest BCUT2D eigenvalue weighted by atomic mass is 10.1. The third-order valence-corrected chi connectivity index (χ3v) is 3.61. The molecule has 0 saturated heterocycles. The molecule has 0 spiro atoms. The van der Waals surface area contributed by atoms with Gasteiger partial charge in [0.15, 0.2) is 0 Å². The first kappa shape index (κ1) is 18.3. The van der Waals surface area contributed by atoms with Crippen LogP contribution in [0.1, 0.15) is 26.4 Å². The van der Waals surface area contributed by atoms with Crippen molar-refractivity contribution in [2.45, 2.75) is 6.92 Å². The predicted molar refractivity (Wildman–Crippen MR) is 92.8 cm³/mol. The number of rotatable bonds is 6. The van der Waals surface area contributed by atoms with Crippen LogP contribution in [0.3, 0.4) is 0 Å². The highest BCUT2D eigenvalue weighted by Crippen LogP contribution is 2.19. The summed E-state index contributed by atoms with van der Waals surface area (Å²) in [6.07, 6.45) is 0. The van der Waals surface area contributed by atoms with E-state index in [0.717, 1.165) is 4.68 Å². The van der Waals surface area contributed by atoms with Gasteiger partial charge in [0.2, 0.25) is 0 Å². The smallest absolute Gasteiger partial charge is 0.276 e. The summed E-state index contributed by atoms with van der Waals surface area (Å²) in [6.45, 7) is 2.56. The molecule has 8 heteroatoms. The standard InChI is InChI=1S/C17H20N4O4/c1-11-12(16(23)18-9-10-25-3)5-4-6-13(11)19-17(24)14-7-8-15(22)21(2)20-14/h4-8H,9-10H2,1-3H3,(H,18,23)(H,19,24). The third-order valence-electron chi connectivity index (χ3n) is 3.61. The second kappa shape index (κ2) is 8.20. The van der Waals surface area contributed by atoms with Gasteiger partial charge in [-0.3, -0.25) is 14.4 Å². The second-order valence-corrected chi connectivity index (χ2v) is 5.36. The van der Waals surface area contributed by atoms with Crippen molar-refractivity contribution >= 4 is 17.5 Å². The molecule has 0 atom stereocenters. The number of carbonyl (C=O) groups excluding carboxylic acids is 2. The fourth-order valence-electron chi connectivity index (χ4n) is 2.19. The Labute approximate surface area is 144 Å². The van der Waals surface area contributed by atoms with Crippen molar-refractivity contribution in [3.8, 4) is 0 Å². The van der Waals surface area contributed by atoms with Crippen LogP contribution in [0.5, 0.6) is 0 Å². The van der Waals surface area contributed by atoms with Crippen molar-refractivity contribution in [1.82, 2.24) is 15.1 Å². The number of nitrogens with zero attached hydrogens (tertiary/aromatic N) is 2. The maximum Gasteiger partial charge on any atom is 0.276 e. The highest BCUT2D eigenvalue weighted by atomic mass is 16.5. The average Bonchev–Trinajstić information content (AvgIpc) is 2.59. The maximum atomic E-state index is 12.3. The lowest BCUT2D eigenvalue weighted by Gasteiger charge is -2.12. The lowest BCUT2D eigenvalue weighted by Crippen LogP contribution is -2.28. The Hall–Kier alpha value is -3.00.